The molecule has 0 aliphatic rings. The molecule has 2 unspecified atom stereocenters. The predicted molar refractivity (Wildman–Crippen MR) is 273 cm³/mol. The zero-order chi connectivity index (χ0) is 45.8. The third-order valence-electron chi connectivity index (χ3n) is 12.3. The molecule has 0 heterocycles. The van der Waals surface area contributed by atoms with Gasteiger partial charge in [0.2, 0.25) is 5.91 Å². The van der Waals surface area contributed by atoms with Gasteiger partial charge in [-0.05, 0) is 96.3 Å². The highest BCUT2D eigenvalue weighted by Gasteiger charge is 2.18. The summed E-state index contributed by atoms with van der Waals surface area (Å²) in [6.45, 7) is 4.82. The maximum atomic E-state index is 12.4. The molecule has 6 heteroatoms. The van der Waals surface area contributed by atoms with Gasteiger partial charge >= 0.3 is 5.97 Å². The molecular formula is C57H105NO5. The Bertz CT molecular complexity index is 1070. The van der Waals surface area contributed by atoms with Gasteiger partial charge < -0.3 is 20.3 Å². The van der Waals surface area contributed by atoms with E-state index < -0.39 is 12.1 Å². The van der Waals surface area contributed by atoms with Crippen LogP contribution in [0, 0.1) is 0 Å². The summed E-state index contributed by atoms with van der Waals surface area (Å²) < 4.78 is 5.45. The van der Waals surface area contributed by atoms with E-state index in [1.165, 1.54) is 161 Å². The van der Waals surface area contributed by atoms with Crippen LogP contribution in [-0.4, -0.2) is 47.4 Å². The summed E-state index contributed by atoms with van der Waals surface area (Å²) in [7, 11) is 0. The molecule has 2 atom stereocenters. The number of aliphatic hydroxyl groups is 2. The number of aliphatic hydroxyl groups excluding tert-OH is 2. The van der Waals surface area contributed by atoms with Crippen molar-refractivity contribution in [2.24, 2.45) is 0 Å². The van der Waals surface area contributed by atoms with Crippen molar-refractivity contribution in [3.63, 3.8) is 0 Å². The molecule has 0 rings (SSSR count). The van der Waals surface area contributed by atoms with E-state index in [9.17, 15) is 19.8 Å². The maximum absolute atomic E-state index is 12.4. The zero-order valence-electron chi connectivity index (χ0n) is 41.8. The van der Waals surface area contributed by atoms with Gasteiger partial charge in [-0.3, -0.25) is 9.59 Å². The molecule has 0 aromatic rings. The molecule has 3 N–H and O–H groups in total. The van der Waals surface area contributed by atoms with Gasteiger partial charge in [0.15, 0.2) is 0 Å². The number of hydrogen-bond acceptors (Lipinski definition) is 5. The van der Waals surface area contributed by atoms with Crippen LogP contribution in [0.5, 0.6) is 0 Å². The SMILES string of the molecule is CCCCCC/C=C\C/C=C\CCCCCCCCCC(=O)OCCCCC/C=C\CCCCCCCC(=O)NC(CO)C(O)/C=C/CCCCCCCCCCCCCCCC. The lowest BCUT2D eigenvalue weighted by atomic mass is 10.0. The Morgan fingerprint density at radius 1 is 0.444 bits per heavy atom. The van der Waals surface area contributed by atoms with Crippen molar-refractivity contribution in [2.45, 2.75) is 289 Å². The van der Waals surface area contributed by atoms with Crippen LogP contribution in [0.25, 0.3) is 0 Å². The van der Waals surface area contributed by atoms with Crippen LogP contribution in [-0.2, 0) is 14.3 Å². The number of carbonyl (C=O) groups is 2. The summed E-state index contributed by atoms with van der Waals surface area (Å²) in [5, 5.41) is 23.1. The second-order valence-electron chi connectivity index (χ2n) is 18.5. The third kappa shape index (κ3) is 49.1. The lowest BCUT2D eigenvalue weighted by Crippen LogP contribution is -2.45. The van der Waals surface area contributed by atoms with Gasteiger partial charge in [0, 0.05) is 12.8 Å². The largest absolute Gasteiger partial charge is 0.466 e. The summed E-state index contributed by atoms with van der Waals surface area (Å²) in [5.41, 5.74) is 0. The second-order valence-corrected chi connectivity index (χ2v) is 18.5. The molecule has 6 nitrogen and oxygen atoms in total. The number of rotatable bonds is 50. The molecular weight excluding hydrogens is 779 g/mol. The monoisotopic (exact) mass is 884 g/mol. The van der Waals surface area contributed by atoms with E-state index in [-0.39, 0.29) is 18.5 Å². The Morgan fingerprint density at radius 2 is 0.794 bits per heavy atom. The molecule has 0 radical (unpaired) electrons. The molecule has 63 heavy (non-hydrogen) atoms. The minimum absolute atomic E-state index is 0.0323. The Balaban J connectivity index is 3.54. The first-order chi connectivity index (χ1) is 31.0. The molecule has 0 aromatic heterocycles. The first-order valence-electron chi connectivity index (χ1n) is 27.4. The lowest BCUT2D eigenvalue weighted by Gasteiger charge is -2.20. The second kappa shape index (κ2) is 52.4. The van der Waals surface area contributed by atoms with E-state index in [1.54, 1.807) is 6.08 Å². The summed E-state index contributed by atoms with van der Waals surface area (Å²) in [4.78, 5) is 24.5. The van der Waals surface area contributed by atoms with Crippen molar-refractivity contribution < 1.29 is 24.5 Å². The van der Waals surface area contributed by atoms with Crippen molar-refractivity contribution in [2.75, 3.05) is 13.2 Å². The van der Waals surface area contributed by atoms with Gasteiger partial charge in [-0.2, -0.15) is 0 Å². The van der Waals surface area contributed by atoms with Gasteiger partial charge in [-0.25, -0.2) is 0 Å². The number of nitrogens with one attached hydrogen (secondary N) is 1. The van der Waals surface area contributed by atoms with Crippen LogP contribution in [0.2, 0.25) is 0 Å². The van der Waals surface area contributed by atoms with Crippen molar-refractivity contribution in [3.05, 3.63) is 48.6 Å². The number of carbonyl (C=O) groups excluding carboxylic acids is 2. The minimum atomic E-state index is -0.862. The van der Waals surface area contributed by atoms with Gasteiger partial charge in [-0.15, -0.1) is 0 Å². The van der Waals surface area contributed by atoms with E-state index in [2.05, 4.69) is 55.6 Å². The Morgan fingerprint density at radius 3 is 1.24 bits per heavy atom. The fraction of sp³-hybridized carbons (Fsp3) is 0.825. The van der Waals surface area contributed by atoms with Gasteiger partial charge in [-0.1, -0.05) is 217 Å². The molecule has 0 bridgehead atoms. The Hall–Kier alpha value is -2.18. The highest BCUT2D eigenvalue weighted by molar-refractivity contribution is 5.76. The number of unbranched alkanes of at least 4 members (excludes halogenated alkanes) is 33. The molecule has 0 saturated heterocycles. The van der Waals surface area contributed by atoms with E-state index in [0.29, 0.717) is 19.4 Å². The topological polar surface area (TPSA) is 95.9 Å². The van der Waals surface area contributed by atoms with Crippen molar-refractivity contribution >= 4 is 11.9 Å². The molecule has 0 aliphatic carbocycles. The quantitative estimate of drug-likeness (QED) is 0.0321. The highest BCUT2D eigenvalue weighted by Crippen LogP contribution is 2.15. The predicted octanol–water partition coefficient (Wildman–Crippen LogP) is 16.6. The molecule has 0 aromatic carbocycles. The van der Waals surface area contributed by atoms with Crippen molar-refractivity contribution in [3.8, 4) is 0 Å². The number of allylic oxidation sites excluding steroid dienone is 7. The molecule has 1 amide bonds. The minimum Gasteiger partial charge on any atom is -0.466 e. The Labute approximate surface area is 391 Å². The fourth-order valence-corrected chi connectivity index (χ4v) is 8.07. The zero-order valence-corrected chi connectivity index (χ0v) is 41.8. The average Bonchev–Trinajstić information content (AvgIpc) is 3.28. The van der Waals surface area contributed by atoms with E-state index in [0.717, 1.165) is 89.9 Å². The van der Waals surface area contributed by atoms with E-state index >= 15 is 0 Å². The highest BCUT2D eigenvalue weighted by atomic mass is 16.5. The van der Waals surface area contributed by atoms with Crippen LogP contribution < -0.4 is 5.32 Å². The van der Waals surface area contributed by atoms with Gasteiger partial charge in [0.25, 0.3) is 0 Å². The number of esters is 1. The fourth-order valence-electron chi connectivity index (χ4n) is 8.07. The number of amides is 1. The normalized spacial score (nSPS) is 13.0. The van der Waals surface area contributed by atoms with Crippen LogP contribution in [0.4, 0.5) is 0 Å². The average molecular weight is 884 g/mol. The molecule has 0 aliphatic heterocycles. The Kier molecular flexibility index (Phi) is 50.6. The van der Waals surface area contributed by atoms with Gasteiger partial charge in [0.05, 0.1) is 25.4 Å². The molecule has 0 saturated carbocycles. The molecule has 0 spiro atoms. The standard InChI is InChI=1S/C57H105NO5/c1-3-5-7-9-11-13-15-17-19-21-22-24-26-31-35-39-43-47-51-57(62)63-52-48-44-40-36-32-28-27-30-34-38-42-46-50-56(61)58-54(53-59)55(60)49-45-41-37-33-29-25-23-20-18-16-14-12-10-8-6-4-2/h13,15,19,21,28,32,45,49,54-55,59-60H,3-12,14,16-18,20,22-27,29-31,33-44,46-48,50-53H2,1-2H3,(H,58,61)/b15-13-,21-19-,32-28-,49-45+. The first kappa shape index (κ1) is 60.8. The van der Waals surface area contributed by atoms with E-state index in [4.69, 9.17) is 4.74 Å². The first-order valence-corrected chi connectivity index (χ1v) is 27.4. The summed E-state index contributed by atoms with van der Waals surface area (Å²) in [5.74, 6) is -0.127. The van der Waals surface area contributed by atoms with Crippen molar-refractivity contribution in [1.29, 1.82) is 0 Å². The summed E-state index contributed by atoms with van der Waals surface area (Å²) >= 11 is 0. The smallest absolute Gasteiger partial charge is 0.305 e. The van der Waals surface area contributed by atoms with Gasteiger partial charge in [0.1, 0.15) is 0 Å². The number of hydrogen-bond donors (Lipinski definition) is 3. The van der Waals surface area contributed by atoms with Crippen LogP contribution in [0.15, 0.2) is 48.6 Å². The molecule has 368 valence electrons. The lowest BCUT2D eigenvalue weighted by molar-refractivity contribution is -0.143. The van der Waals surface area contributed by atoms with E-state index in [1.807, 2.05) is 6.08 Å². The van der Waals surface area contributed by atoms with Crippen LogP contribution in [0.3, 0.4) is 0 Å². The molecule has 0 fully saturated rings. The number of ether oxygens (including phenoxy) is 1. The summed E-state index contributed by atoms with van der Waals surface area (Å²) in [6.07, 6.45) is 65.4. The maximum Gasteiger partial charge on any atom is 0.305 e. The van der Waals surface area contributed by atoms with Crippen LogP contribution >= 0.6 is 0 Å². The van der Waals surface area contributed by atoms with Crippen LogP contribution in [0.1, 0.15) is 277 Å². The summed E-state index contributed by atoms with van der Waals surface area (Å²) in [6, 6.07) is -0.648. The van der Waals surface area contributed by atoms with Crippen molar-refractivity contribution in [1.82, 2.24) is 5.32 Å². The third-order valence-corrected chi connectivity index (χ3v) is 12.3.